The van der Waals surface area contributed by atoms with E-state index in [1.54, 1.807) is 4.57 Å². The molecule has 4 heteroatoms. The first-order valence-electron chi connectivity index (χ1n) is 15.3. The van der Waals surface area contributed by atoms with E-state index >= 15 is 0 Å². The molecule has 4 nitrogen and oxygen atoms in total. The fourth-order valence-corrected chi connectivity index (χ4v) is 7.58. The number of para-hydroxylation sites is 4. The largest absolute Gasteiger partial charge is 0.310 e. The van der Waals surface area contributed by atoms with Crippen LogP contribution in [0.3, 0.4) is 0 Å². The molecule has 0 spiro atoms. The van der Waals surface area contributed by atoms with Gasteiger partial charge < -0.3 is 4.90 Å². The molecule has 1 unspecified atom stereocenters. The van der Waals surface area contributed by atoms with Crippen molar-refractivity contribution in [1.82, 2.24) is 9.55 Å². The quantitative estimate of drug-likeness (QED) is 0.214. The second kappa shape index (κ2) is 9.26. The molecule has 0 saturated carbocycles. The molecular formula is C40H29N3O. The fraction of sp³-hybridized carbons (Fsp3) is 0.100. The number of allylic oxidation sites excluding steroid dienone is 4. The standard InChI is InChI=1S/C40H29N3O/c1-26-19-21-28(22-20-26)40(27-11-3-2-4-12-27)32-13-5-8-16-35(32)42(36-17-9-6-14-33(36)40)29-23-24-30-31(25-29)39(44)43-37-18-10-7-15-34(37)41-38(30)43/h2-19,21-26H,20H2,1H3. The van der Waals surface area contributed by atoms with Crippen molar-refractivity contribution in [3.05, 3.63) is 167 Å². The van der Waals surface area contributed by atoms with E-state index in [-0.39, 0.29) is 5.91 Å². The van der Waals surface area contributed by atoms with E-state index in [1.165, 1.54) is 22.3 Å². The summed E-state index contributed by atoms with van der Waals surface area (Å²) in [4.78, 5) is 21.1. The van der Waals surface area contributed by atoms with Crippen LogP contribution in [0.15, 0.2) is 145 Å². The Balaban J connectivity index is 1.29. The molecule has 0 radical (unpaired) electrons. The van der Waals surface area contributed by atoms with Gasteiger partial charge in [-0.05, 0) is 77.1 Å². The Labute approximate surface area is 256 Å². The third-order valence-electron chi connectivity index (χ3n) is 9.55. The first-order valence-corrected chi connectivity index (χ1v) is 15.3. The normalized spacial score (nSPS) is 17.6. The Hall–Kier alpha value is -5.48. The summed E-state index contributed by atoms with van der Waals surface area (Å²) in [7, 11) is 0. The summed E-state index contributed by atoms with van der Waals surface area (Å²) in [5.41, 5.74) is 10.9. The molecule has 0 N–H and O–H groups in total. The van der Waals surface area contributed by atoms with E-state index in [0.717, 1.165) is 40.1 Å². The van der Waals surface area contributed by atoms with E-state index in [0.29, 0.717) is 17.3 Å². The molecular weight excluding hydrogens is 538 g/mol. The molecule has 1 atom stereocenters. The van der Waals surface area contributed by atoms with Gasteiger partial charge in [0.2, 0.25) is 0 Å². The second-order valence-corrected chi connectivity index (χ2v) is 12.0. The van der Waals surface area contributed by atoms with Gasteiger partial charge in [-0.3, -0.25) is 9.36 Å². The summed E-state index contributed by atoms with van der Waals surface area (Å²) in [6.45, 7) is 2.27. The SMILES string of the molecule is CC1C=CC(C2(c3ccccc3)c3ccccc3N(c3ccc4c(c3)C(=O)n3c-4nc4ccccc43)c3ccccc32)=CC1. The average Bonchev–Trinajstić information content (AvgIpc) is 3.59. The highest BCUT2D eigenvalue weighted by Gasteiger charge is 2.47. The van der Waals surface area contributed by atoms with Gasteiger partial charge in [0.15, 0.2) is 0 Å². The number of anilines is 3. The lowest BCUT2D eigenvalue weighted by molar-refractivity contribution is 0.0973. The molecule has 2 aliphatic heterocycles. The third kappa shape index (κ3) is 3.28. The van der Waals surface area contributed by atoms with Crippen molar-refractivity contribution < 1.29 is 4.79 Å². The lowest BCUT2D eigenvalue weighted by Gasteiger charge is -2.47. The highest BCUT2D eigenvalue weighted by Crippen LogP contribution is 2.58. The van der Waals surface area contributed by atoms with Crippen LogP contribution in [0.5, 0.6) is 0 Å². The number of hydrogen-bond donors (Lipinski definition) is 0. The van der Waals surface area contributed by atoms with E-state index in [2.05, 4.69) is 121 Å². The van der Waals surface area contributed by atoms with Crippen molar-refractivity contribution in [2.24, 2.45) is 5.92 Å². The first kappa shape index (κ1) is 25.1. The van der Waals surface area contributed by atoms with Crippen molar-refractivity contribution >= 4 is 34.0 Å². The van der Waals surface area contributed by atoms with Crippen LogP contribution in [0.2, 0.25) is 0 Å². The number of carbonyl (C=O) groups is 1. The van der Waals surface area contributed by atoms with Gasteiger partial charge in [0.1, 0.15) is 5.82 Å². The van der Waals surface area contributed by atoms with E-state index in [9.17, 15) is 4.79 Å². The number of fused-ring (bicyclic) bond motifs is 7. The van der Waals surface area contributed by atoms with Crippen molar-refractivity contribution in [2.75, 3.05) is 4.90 Å². The van der Waals surface area contributed by atoms with Crippen LogP contribution in [0.4, 0.5) is 17.1 Å². The molecule has 0 fully saturated rings. The van der Waals surface area contributed by atoms with E-state index in [1.807, 2.05) is 30.3 Å². The Bertz CT molecular complexity index is 2160. The summed E-state index contributed by atoms with van der Waals surface area (Å²) < 4.78 is 1.76. The smallest absolute Gasteiger partial charge is 0.264 e. The van der Waals surface area contributed by atoms with E-state index < -0.39 is 5.41 Å². The van der Waals surface area contributed by atoms with Crippen LogP contribution < -0.4 is 4.90 Å². The molecule has 9 rings (SSSR count). The van der Waals surface area contributed by atoms with Crippen LogP contribution >= 0.6 is 0 Å². The van der Waals surface area contributed by atoms with Crippen molar-refractivity contribution in [1.29, 1.82) is 0 Å². The zero-order valence-corrected chi connectivity index (χ0v) is 24.3. The summed E-state index contributed by atoms with van der Waals surface area (Å²) in [6, 6.07) is 42.5. The lowest BCUT2D eigenvalue weighted by Crippen LogP contribution is -2.38. The molecule has 0 amide bonds. The Kier molecular flexibility index (Phi) is 5.27. The third-order valence-corrected chi connectivity index (χ3v) is 9.55. The van der Waals surface area contributed by atoms with Gasteiger partial charge in [-0.1, -0.05) is 104 Å². The molecule has 44 heavy (non-hydrogen) atoms. The molecule has 0 bridgehead atoms. The van der Waals surface area contributed by atoms with Crippen LogP contribution in [0.1, 0.15) is 40.4 Å². The summed E-state index contributed by atoms with van der Waals surface area (Å²) in [6.07, 6.45) is 8.12. The van der Waals surface area contributed by atoms with Crippen LogP contribution in [0.25, 0.3) is 22.4 Å². The minimum atomic E-state index is -0.491. The monoisotopic (exact) mass is 567 g/mol. The van der Waals surface area contributed by atoms with Crippen molar-refractivity contribution in [2.45, 2.75) is 18.8 Å². The number of rotatable bonds is 3. The summed E-state index contributed by atoms with van der Waals surface area (Å²) in [5.74, 6) is 1.19. The topological polar surface area (TPSA) is 38.1 Å². The van der Waals surface area contributed by atoms with Gasteiger partial charge in [-0.2, -0.15) is 0 Å². The summed E-state index contributed by atoms with van der Waals surface area (Å²) >= 11 is 0. The van der Waals surface area contributed by atoms with Crippen molar-refractivity contribution in [3.63, 3.8) is 0 Å². The van der Waals surface area contributed by atoms with Crippen LogP contribution in [-0.4, -0.2) is 15.5 Å². The zero-order valence-electron chi connectivity index (χ0n) is 24.3. The average molecular weight is 568 g/mol. The number of benzene rings is 5. The van der Waals surface area contributed by atoms with E-state index in [4.69, 9.17) is 4.98 Å². The number of hydrogen-bond acceptors (Lipinski definition) is 3. The molecule has 0 saturated heterocycles. The highest BCUT2D eigenvalue weighted by atomic mass is 16.2. The van der Waals surface area contributed by atoms with Gasteiger partial charge in [0.25, 0.3) is 5.91 Å². The van der Waals surface area contributed by atoms with Gasteiger partial charge in [-0.25, -0.2) is 4.98 Å². The molecule has 3 aliphatic rings. The molecule has 210 valence electrons. The van der Waals surface area contributed by atoms with Gasteiger partial charge in [0, 0.05) is 11.3 Å². The predicted octanol–water partition coefficient (Wildman–Crippen LogP) is 9.35. The number of carbonyl (C=O) groups excluding carboxylic acids is 1. The van der Waals surface area contributed by atoms with Gasteiger partial charge in [-0.15, -0.1) is 0 Å². The highest BCUT2D eigenvalue weighted by molar-refractivity contribution is 6.13. The Morgan fingerprint density at radius 2 is 1.43 bits per heavy atom. The molecule has 1 aliphatic carbocycles. The minimum absolute atomic E-state index is 0.0330. The maximum absolute atomic E-state index is 13.9. The Morgan fingerprint density at radius 1 is 0.750 bits per heavy atom. The predicted molar refractivity (Wildman–Crippen MR) is 177 cm³/mol. The molecule has 3 heterocycles. The molecule has 6 aromatic rings. The second-order valence-electron chi connectivity index (χ2n) is 12.0. The fourth-order valence-electron chi connectivity index (χ4n) is 7.58. The number of nitrogens with zero attached hydrogens (tertiary/aromatic N) is 3. The maximum atomic E-state index is 13.9. The molecule has 1 aromatic heterocycles. The summed E-state index contributed by atoms with van der Waals surface area (Å²) in [5, 5.41) is 0. The van der Waals surface area contributed by atoms with Crippen LogP contribution in [-0.2, 0) is 5.41 Å². The van der Waals surface area contributed by atoms with Gasteiger partial charge >= 0.3 is 0 Å². The maximum Gasteiger partial charge on any atom is 0.264 e. The first-order chi connectivity index (χ1) is 21.7. The lowest BCUT2D eigenvalue weighted by atomic mass is 9.61. The zero-order chi connectivity index (χ0) is 29.4. The number of imidazole rings is 1. The van der Waals surface area contributed by atoms with Crippen molar-refractivity contribution in [3.8, 4) is 11.4 Å². The minimum Gasteiger partial charge on any atom is -0.310 e. The molecule has 5 aromatic carbocycles. The van der Waals surface area contributed by atoms with Crippen LogP contribution in [0, 0.1) is 5.92 Å². The number of aromatic nitrogens is 2. The Morgan fingerprint density at radius 3 is 2.16 bits per heavy atom. The van der Waals surface area contributed by atoms with Gasteiger partial charge in [0.05, 0.1) is 33.4 Å².